The zero-order valence-electron chi connectivity index (χ0n) is 14.0. The van der Waals surface area contributed by atoms with Crippen molar-refractivity contribution in [3.63, 3.8) is 0 Å². The fraction of sp³-hybridized carbons (Fsp3) is 0.733. The van der Waals surface area contributed by atoms with Crippen LogP contribution in [0.5, 0.6) is 0 Å². The molecule has 1 aliphatic heterocycles. The normalized spacial score (nSPS) is 21.8. The first kappa shape index (κ1) is 16.9. The van der Waals surface area contributed by atoms with Gasteiger partial charge in [-0.2, -0.15) is 5.10 Å². The maximum Gasteiger partial charge on any atom is 0.239 e. The van der Waals surface area contributed by atoms with Gasteiger partial charge in [0.2, 0.25) is 5.91 Å². The predicted octanol–water partition coefficient (Wildman–Crippen LogP) is 0.793. The number of nitrogens with zero attached hydrogens (tertiary/aromatic N) is 3. The minimum atomic E-state index is -0.287. The Labute approximate surface area is 131 Å². The fourth-order valence-corrected chi connectivity index (χ4v) is 2.92. The molecule has 0 unspecified atom stereocenters. The van der Waals surface area contributed by atoms with E-state index in [4.69, 9.17) is 9.47 Å². The summed E-state index contributed by atoms with van der Waals surface area (Å²) >= 11 is 0. The first-order valence-electron chi connectivity index (χ1n) is 7.48. The van der Waals surface area contributed by atoms with Crippen LogP contribution in [0.15, 0.2) is 6.07 Å². The van der Waals surface area contributed by atoms with Crippen LogP contribution in [0.4, 0.5) is 5.82 Å². The van der Waals surface area contributed by atoms with Crippen LogP contribution in [0.2, 0.25) is 0 Å². The van der Waals surface area contributed by atoms with Gasteiger partial charge < -0.3 is 14.8 Å². The summed E-state index contributed by atoms with van der Waals surface area (Å²) in [6, 6.07) is 1.86. The smallest absolute Gasteiger partial charge is 0.239 e. The summed E-state index contributed by atoms with van der Waals surface area (Å²) in [6.45, 7) is 8.23. The number of nitrogens with one attached hydrogen (secondary N) is 1. The van der Waals surface area contributed by atoms with E-state index in [1.165, 1.54) is 0 Å². The molecule has 0 aliphatic carbocycles. The maximum absolute atomic E-state index is 12.3. The lowest BCUT2D eigenvalue weighted by Crippen LogP contribution is -2.55. The Balaban J connectivity index is 1.93. The third-order valence-electron chi connectivity index (χ3n) is 3.54. The Hall–Kier alpha value is -1.44. The number of ether oxygens (including phenoxy) is 2. The number of hydrogen-bond donors (Lipinski definition) is 1. The summed E-state index contributed by atoms with van der Waals surface area (Å²) < 4.78 is 12.8. The number of aromatic nitrogens is 2. The first-order chi connectivity index (χ1) is 10.3. The van der Waals surface area contributed by atoms with Crippen molar-refractivity contribution in [2.75, 3.05) is 38.7 Å². The van der Waals surface area contributed by atoms with Crippen molar-refractivity contribution in [2.45, 2.75) is 32.5 Å². The molecule has 2 heterocycles. The molecule has 7 nitrogen and oxygen atoms in total. The van der Waals surface area contributed by atoms with Gasteiger partial charge in [-0.1, -0.05) is 0 Å². The Kier molecular flexibility index (Phi) is 5.20. The highest BCUT2D eigenvalue weighted by Crippen LogP contribution is 2.21. The van der Waals surface area contributed by atoms with Gasteiger partial charge in [0.1, 0.15) is 5.82 Å². The number of hydrogen-bond acceptors (Lipinski definition) is 5. The number of methoxy groups -OCH3 is 1. The van der Waals surface area contributed by atoms with Crippen molar-refractivity contribution < 1.29 is 14.3 Å². The molecule has 2 rings (SSSR count). The summed E-state index contributed by atoms with van der Waals surface area (Å²) in [6.07, 6.45) is -0.0134. The zero-order chi connectivity index (χ0) is 16.3. The lowest BCUT2D eigenvalue weighted by Gasteiger charge is -2.42. The van der Waals surface area contributed by atoms with Gasteiger partial charge in [0.05, 0.1) is 30.6 Å². The van der Waals surface area contributed by atoms with Crippen LogP contribution in [0.3, 0.4) is 0 Å². The van der Waals surface area contributed by atoms with Crippen molar-refractivity contribution in [2.24, 2.45) is 7.05 Å². The van der Waals surface area contributed by atoms with Crippen molar-refractivity contribution in [3.05, 3.63) is 11.8 Å². The Bertz CT molecular complexity index is 527. The SMILES string of the molecule is COC[C@H]1CN(CC(=O)Nc2cc(C)nn2C)CC(C)(C)O1. The van der Waals surface area contributed by atoms with E-state index in [0.717, 1.165) is 5.69 Å². The van der Waals surface area contributed by atoms with E-state index in [9.17, 15) is 4.79 Å². The van der Waals surface area contributed by atoms with Crippen LogP contribution in [-0.2, 0) is 21.3 Å². The van der Waals surface area contributed by atoms with Gasteiger partial charge in [0.15, 0.2) is 0 Å². The Morgan fingerprint density at radius 1 is 1.59 bits per heavy atom. The maximum atomic E-state index is 12.3. The van der Waals surface area contributed by atoms with Crippen LogP contribution in [-0.4, -0.2) is 65.6 Å². The lowest BCUT2D eigenvalue weighted by atomic mass is 10.1. The van der Waals surface area contributed by atoms with Gasteiger partial charge in [-0.15, -0.1) is 0 Å². The number of carbonyl (C=O) groups is 1. The fourth-order valence-electron chi connectivity index (χ4n) is 2.92. The van der Waals surface area contributed by atoms with Gasteiger partial charge in [-0.25, -0.2) is 0 Å². The highest BCUT2D eigenvalue weighted by molar-refractivity contribution is 5.91. The molecular formula is C15H26N4O3. The Morgan fingerprint density at radius 2 is 2.32 bits per heavy atom. The summed E-state index contributed by atoms with van der Waals surface area (Å²) in [7, 11) is 3.47. The molecule has 1 N–H and O–H groups in total. The molecule has 1 aliphatic rings. The van der Waals surface area contributed by atoms with Crippen LogP contribution in [0.25, 0.3) is 0 Å². The van der Waals surface area contributed by atoms with Gasteiger partial charge >= 0.3 is 0 Å². The second kappa shape index (κ2) is 6.76. The van der Waals surface area contributed by atoms with Gasteiger partial charge in [0.25, 0.3) is 0 Å². The molecule has 124 valence electrons. The van der Waals surface area contributed by atoms with Crippen LogP contribution < -0.4 is 5.32 Å². The molecule has 1 atom stereocenters. The topological polar surface area (TPSA) is 68.6 Å². The molecule has 0 bridgehead atoms. The van der Waals surface area contributed by atoms with Crippen molar-refractivity contribution >= 4 is 11.7 Å². The van der Waals surface area contributed by atoms with E-state index >= 15 is 0 Å². The minimum absolute atomic E-state index is 0.0134. The minimum Gasteiger partial charge on any atom is -0.382 e. The summed E-state index contributed by atoms with van der Waals surface area (Å²) in [4.78, 5) is 14.4. The molecule has 1 saturated heterocycles. The van der Waals surface area contributed by atoms with Crippen LogP contribution >= 0.6 is 0 Å². The first-order valence-corrected chi connectivity index (χ1v) is 7.48. The largest absolute Gasteiger partial charge is 0.382 e. The summed E-state index contributed by atoms with van der Waals surface area (Å²) in [5.74, 6) is 0.667. The highest BCUT2D eigenvalue weighted by atomic mass is 16.5. The third kappa shape index (κ3) is 4.53. The quantitative estimate of drug-likeness (QED) is 0.871. The van der Waals surface area contributed by atoms with E-state index in [1.54, 1.807) is 11.8 Å². The lowest BCUT2D eigenvalue weighted by molar-refractivity contribution is -0.154. The van der Waals surface area contributed by atoms with Gasteiger partial charge in [-0.3, -0.25) is 14.4 Å². The average molecular weight is 310 g/mol. The standard InChI is InChI=1S/C15H26N4O3/c1-11-6-13(18(4)17-11)16-14(20)8-19-7-12(9-21-5)22-15(2,3)10-19/h6,12H,7-10H2,1-5H3,(H,16,20)/t12-/m1/s1. The molecule has 1 aromatic heterocycles. The third-order valence-corrected chi connectivity index (χ3v) is 3.54. The molecule has 1 amide bonds. The van der Waals surface area contributed by atoms with E-state index in [1.807, 2.05) is 33.9 Å². The highest BCUT2D eigenvalue weighted by Gasteiger charge is 2.34. The summed E-state index contributed by atoms with van der Waals surface area (Å²) in [5.41, 5.74) is 0.593. The Morgan fingerprint density at radius 3 is 2.91 bits per heavy atom. The molecule has 0 aromatic carbocycles. The molecule has 0 radical (unpaired) electrons. The van der Waals surface area contributed by atoms with Gasteiger partial charge in [0, 0.05) is 33.3 Å². The molecule has 0 spiro atoms. The van der Waals surface area contributed by atoms with Crippen LogP contribution in [0.1, 0.15) is 19.5 Å². The number of morpholine rings is 1. The van der Waals surface area contributed by atoms with Crippen LogP contribution in [0, 0.1) is 6.92 Å². The van der Waals surface area contributed by atoms with Crippen molar-refractivity contribution in [1.29, 1.82) is 0 Å². The molecule has 0 saturated carbocycles. The number of aryl methyl sites for hydroxylation is 2. The predicted molar refractivity (Wildman–Crippen MR) is 83.8 cm³/mol. The summed E-state index contributed by atoms with van der Waals surface area (Å²) in [5, 5.41) is 7.12. The van der Waals surface area contributed by atoms with Gasteiger partial charge in [-0.05, 0) is 20.8 Å². The molecule has 1 fully saturated rings. The van der Waals surface area contributed by atoms with E-state index in [-0.39, 0.29) is 17.6 Å². The monoisotopic (exact) mass is 310 g/mol. The van der Waals surface area contributed by atoms with E-state index in [2.05, 4.69) is 15.3 Å². The molecule has 1 aromatic rings. The number of carbonyl (C=O) groups excluding carboxylic acids is 1. The molecule has 7 heteroatoms. The second-order valence-corrected chi connectivity index (χ2v) is 6.47. The van der Waals surface area contributed by atoms with Crippen molar-refractivity contribution in [3.8, 4) is 0 Å². The molecular weight excluding hydrogens is 284 g/mol. The number of rotatable bonds is 5. The second-order valence-electron chi connectivity index (χ2n) is 6.47. The van der Waals surface area contributed by atoms with E-state index < -0.39 is 0 Å². The average Bonchev–Trinajstić information content (AvgIpc) is 2.65. The number of amides is 1. The van der Waals surface area contributed by atoms with Crippen molar-refractivity contribution in [1.82, 2.24) is 14.7 Å². The molecule has 22 heavy (non-hydrogen) atoms. The van der Waals surface area contributed by atoms with E-state index in [0.29, 0.717) is 32.1 Å². The zero-order valence-corrected chi connectivity index (χ0v) is 14.0. The number of anilines is 1.